The summed E-state index contributed by atoms with van der Waals surface area (Å²) in [6, 6.07) is 13.7. The summed E-state index contributed by atoms with van der Waals surface area (Å²) in [6.45, 7) is 0.767. The van der Waals surface area contributed by atoms with Crippen LogP contribution in [0.3, 0.4) is 0 Å². The van der Waals surface area contributed by atoms with Gasteiger partial charge in [-0.15, -0.1) is 11.8 Å². The van der Waals surface area contributed by atoms with E-state index in [0.29, 0.717) is 0 Å². The average Bonchev–Trinajstić information content (AvgIpc) is 3.04. The van der Waals surface area contributed by atoms with Gasteiger partial charge >= 0.3 is 0 Å². The molecule has 1 amide bonds. The summed E-state index contributed by atoms with van der Waals surface area (Å²) in [5.74, 6) is 1.84. The van der Waals surface area contributed by atoms with Crippen LogP contribution in [0.2, 0.25) is 0 Å². The van der Waals surface area contributed by atoms with Crippen LogP contribution in [0.15, 0.2) is 46.9 Å². The number of hydrogen-bond acceptors (Lipinski definition) is 3. The van der Waals surface area contributed by atoms with E-state index in [1.165, 1.54) is 0 Å². The number of carbonyl (C=O) groups is 1. The van der Waals surface area contributed by atoms with E-state index in [1.807, 2.05) is 47.4 Å². The Hall–Kier alpha value is -0.730. The summed E-state index contributed by atoms with van der Waals surface area (Å²) in [4.78, 5) is 14.9. The Morgan fingerprint density at radius 1 is 1.35 bits per heavy atom. The number of halogens is 2. The second-order valence-corrected chi connectivity index (χ2v) is 8.30. The van der Waals surface area contributed by atoms with Crippen molar-refractivity contribution in [3.63, 3.8) is 0 Å². The van der Waals surface area contributed by atoms with Crippen LogP contribution < -0.4 is 4.74 Å². The molecule has 0 saturated carbocycles. The van der Waals surface area contributed by atoms with E-state index >= 15 is 0 Å². The molecule has 120 valence electrons. The van der Waals surface area contributed by atoms with Crippen LogP contribution in [0.25, 0.3) is 0 Å². The molecule has 1 aliphatic rings. The van der Waals surface area contributed by atoms with Gasteiger partial charge in [-0.1, -0.05) is 18.2 Å². The molecule has 3 rings (SSSR count). The minimum atomic E-state index is 0.0423. The molecule has 1 atom stereocenters. The van der Waals surface area contributed by atoms with Gasteiger partial charge in [-0.25, -0.2) is 0 Å². The first-order valence-electron chi connectivity index (χ1n) is 7.12. The summed E-state index contributed by atoms with van der Waals surface area (Å²) in [5, 5.41) is 0.0423. The van der Waals surface area contributed by atoms with Gasteiger partial charge in [-0.2, -0.15) is 0 Å². The van der Waals surface area contributed by atoms with Gasteiger partial charge in [0.1, 0.15) is 11.1 Å². The maximum Gasteiger partial charge on any atom is 0.256 e. The Morgan fingerprint density at radius 3 is 2.83 bits per heavy atom. The zero-order valence-electron chi connectivity index (χ0n) is 12.5. The quantitative estimate of drug-likeness (QED) is 0.555. The Labute approximate surface area is 162 Å². The number of benzene rings is 2. The molecule has 0 bridgehead atoms. The van der Waals surface area contributed by atoms with Crippen molar-refractivity contribution < 1.29 is 9.53 Å². The summed E-state index contributed by atoms with van der Waals surface area (Å²) >= 11 is 7.54. The smallest absolute Gasteiger partial charge is 0.256 e. The third-order valence-corrected chi connectivity index (χ3v) is 6.54. The number of nitrogens with zero attached hydrogens (tertiary/aromatic N) is 1. The highest BCUT2D eigenvalue weighted by Crippen LogP contribution is 2.41. The molecule has 6 heteroatoms. The Kier molecular flexibility index (Phi) is 5.53. The van der Waals surface area contributed by atoms with E-state index in [1.54, 1.807) is 18.9 Å². The zero-order valence-corrected chi connectivity index (χ0v) is 17.0. The minimum absolute atomic E-state index is 0.0423. The third kappa shape index (κ3) is 3.53. The van der Waals surface area contributed by atoms with Crippen LogP contribution in [0.5, 0.6) is 5.75 Å². The molecule has 1 aliphatic heterocycles. The van der Waals surface area contributed by atoms with Gasteiger partial charge < -0.3 is 9.64 Å². The normalized spacial score (nSPS) is 17.3. The fourth-order valence-electron chi connectivity index (χ4n) is 2.58. The predicted molar refractivity (Wildman–Crippen MR) is 106 cm³/mol. The summed E-state index contributed by atoms with van der Waals surface area (Å²) in [6.07, 6.45) is 0. The van der Waals surface area contributed by atoms with Crippen LogP contribution in [-0.4, -0.2) is 30.2 Å². The minimum Gasteiger partial charge on any atom is -0.496 e. The maximum absolute atomic E-state index is 12.9. The topological polar surface area (TPSA) is 29.5 Å². The van der Waals surface area contributed by atoms with E-state index in [4.69, 9.17) is 4.74 Å². The number of carbonyl (C=O) groups excluding carboxylic acids is 1. The average molecular weight is 504 g/mol. The van der Waals surface area contributed by atoms with Crippen LogP contribution in [0.1, 0.15) is 21.3 Å². The summed E-state index contributed by atoms with van der Waals surface area (Å²) in [5.41, 5.74) is 1.88. The molecule has 1 unspecified atom stereocenters. The number of amides is 1. The summed E-state index contributed by atoms with van der Waals surface area (Å²) < 4.78 is 7.18. The molecule has 23 heavy (non-hydrogen) atoms. The van der Waals surface area contributed by atoms with Gasteiger partial charge in [0, 0.05) is 15.9 Å². The number of methoxy groups -OCH3 is 1. The Morgan fingerprint density at radius 2 is 2.13 bits per heavy atom. The van der Waals surface area contributed by atoms with Crippen molar-refractivity contribution in [2.45, 2.75) is 5.37 Å². The standard InChI is InChI=1S/C17H15BrINO2S/c1-22-15-7-6-11(10-13(15)18)17-20(8-9-23-17)16(21)12-4-2-3-5-14(12)19/h2-7,10,17H,8-9H2,1H3. The van der Waals surface area contributed by atoms with Crippen molar-refractivity contribution >= 4 is 56.2 Å². The van der Waals surface area contributed by atoms with Gasteiger partial charge in [-0.05, 0) is 68.3 Å². The van der Waals surface area contributed by atoms with E-state index < -0.39 is 0 Å². The lowest BCUT2D eigenvalue weighted by molar-refractivity contribution is 0.0759. The van der Waals surface area contributed by atoms with Crippen molar-refractivity contribution in [2.24, 2.45) is 0 Å². The summed E-state index contributed by atoms with van der Waals surface area (Å²) in [7, 11) is 1.65. The third-order valence-electron chi connectivity index (χ3n) is 3.72. The lowest BCUT2D eigenvalue weighted by atomic mass is 10.1. The van der Waals surface area contributed by atoms with E-state index in [0.717, 1.165) is 37.2 Å². The van der Waals surface area contributed by atoms with Gasteiger partial charge in [0.05, 0.1) is 17.1 Å². The van der Waals surface area contributed by atoms with E-state index in [9.17, 15) is 4.79 Å². The van der Waals surface area contributed by atoms with Crippen molar-refractivity contribution in [3.8, 4) is 5.75 Å². The second-order valence-electron chi connectivity index (χ2n) is 5.10. The molecule has 0 aliphatic carbocycles. The molecule has 0 radical (unpaired) electrons. The largest absolute Gasteiger partial charge is 0.496 e. The van der Waals surface area contributed by atoms with Crippen molar-refractivity contribution in [1.82, 2.24) is 4.90 Å². The van der Waals surface area contributed by atoms with Crippen LogP contribution >= 0.6 is 50.3 Å². The van der Waals surface area contributed by atoms with Crippen LogP contribution in [0, 0.1) is 3.57 Å². The number of rotatable bonds is 3. The Balaban J connectivity index is 1.90. The van der Waals surface area contributed by atoms with E-state index in [-0.39, 0.29) is 11.3 Å². The molecule has 0 aromatic heterocycles. The fourth-order valence-corrected chi connectivity index (χ4v) is 5.00. The maximum atomic E-state index is 12.9. The van der Waals surface area contributed by atoms with Crippen LogP contribution in [-0.2, 0) is 0 Å². The van der Waals surface area contributed by atoms with Crippen molar-refractivity contribution in [3.05, 3.63) is 61.6 Å². The first kappa shape index (κ1) is 17.1. The SMILES string of the molecule is COc1ccc(C2SCCN2C(=O)c2ccccc2I)cc1Br. The molecule has 2 aromatic carbocycles. The first-order valence-corrected chi connectivity index (χ1v) is 10.0. The highest BCUT2D eigenvalue weighted by atomic mass is 127. The molecule has 2 aromatic rings. The van der Waals surface area contributed by atoms with Gasteiger partial charge in [-0.3, -0.25) is 4.79 Å². The second kappa shape index (κ2) is 7.44. The lowest BCUT2D eigenvalue weighted by Gasteiger charge is -2.25. The molecular weight excluding hydrogens is 489 g/mol. The molecular formula is C17H15BrINO2S. The molecule has 1 saturated heterocycles. The lowest BCUT2D eigenvalue weighted by Crippen LogP contribution is -2.31. The van der Waals surface area contributed by atoms with E-state index in [2.05, 4.69) is 38.5 Å². The van der Waals surface area contributed by atoms with Crippen molar-refractivity contribution in [1.29, 1.82) is 0 Å². The van der Waals surface area contributed by atoms with Crippen molar-refractivity contribution in [2.75, 3.05) is 19.4 Å². The number of hydrogen-bond donors (Lipinski definition) is 0. The number of thioether (sulfide) groups is 1. The highest BCUT2D eigenvalue weighted by Gasteiger charge is 2.32. The zero-order chi connectivity index (χ0) is 16.4. The first-order chi connectivity index (χ1) is 11.1. The Bertz CT molecular complexity index is 740. The molecule has 3 nitrogen and oxygen atoms in total. The molecule has 0 spiro atoms. The fraction of sp³-hybridized carbons (Fsp3) is 0.235. The van der Waals surface area contributed by atoms with Gasteiger partial charge in [0.2, 0.25) is 0 Å². The molecule has 0 N–H and O–H groups in total. The van der Waals surface area contributed by atoms with Crippen LogP contribution in [0.4, 0.5) is 0 Å². The predicted octanol–water partition coefficient (Wildman–Crippen LogP) is 4.95. The molecule has 1 heterocycles. The van der Waals surface area contributed by atoms with Gasteiger partial charge in [0.15, 0.2) is 0 Å². The van der Waals surface area contributed by atoms with Gasteiger partial charge in [0.25, 0.3) is 5.91 Å². The monoisotopic (exact) mass is 503 g/mol. The molecule has 1 fully saturated rings. The highest BCUT2D eigenvalue weighted by molar-refractivity contribution is 14.1. The number of ether oxygens (including phenoxy) is 1.